The Balaban J connectivity index is 1.58. The van der Waals surface area contributed by atoms with Crippen molar-refractivity contribution in [2.75, 3.05) is 5.32 Å². The molecule has 3 aromatic heterocycles. The molecule has 0 bridgehead atoms. The van der Waals surface area contributed by atoms with Gasteiger partial charge in [0, 0.05) is 29.7 Å². The summed E-state index contributed by atoms with van der Waals surface area (Å²) in [6.07, 6.45) is 8.29. The molecule has 1 aliphatic carbocycles. The molecule has 4 aromatic rings. The van der Waals surface area contributed by atoms with Crippen LogP contribution in [0.1, 0.15) is 29.9 Å². The quantitative estimate of drug-likeness (QED) is 0.544. The van der Waals surface area contributed by atoms with E-state index in [1.165, 1.54) is 18.4 Å². The Labute approximate surface area is 151 Å². The van der Waals surface area contributed by atoms with E-state index in [0.29, 0.717) is 12.5 Å². The van der Waals surface area contributed by atoms with Crippen LogP contribution in [-0.4, -0.2) is 15.1 Å². The number of rotatable bonds is 5. The first-order valence-electron chi connectivity index (χ1n) is 9.01. The van der Waals surface area contributed by atoms with Crippen LogP contribution in [-0.2, 0) is 6.54 Å². The molecule has 0 spiro atoms. The van der Waals surface area contributed by atoms with Crippen molar-refractivity contribution >= 4 is 11.5 Å². The van der Waals surface area contributed by atoms with E-state index in [4.69, 9.17) is 4.98 Å². The lowest BCUT2D eigenvalue weighted by Gasteiger charge is -2.05. The van der Waals surface area contributed by atoms with Gasteiger partial charge in [-0.15, -0.1) is 9.50 Å². The number of anilines is 1. The van der Waals surface area contributed by atoms with Crippen molar-refractivity contribution in [2.24, 2.45) is 0 Å². The molecule has 1 aromatic carbocycles. The average Bonchev–Trinajstić information content (AvgIpc) is 3.46. The number of hydrogen-bond donors (Lipinski definition) is 2. The van der Waals surface area contributed by atoms with Crippen LogP contribution in [0.15, 0.2) is 67.1 Å². The van der Waals surface area contributed by atoms with E-state index < -0.39 is 0 Å². The van der Waals surface area contributed by atoms with Crippen molar-refractivity contribution in [3.8, 4) is 11.3 Å². The maximum atomic E-state index is 4.96. The number of H-pyrrole nitrogens is 1. The summed E-state index contributed by atoms with van der Waals surface area (Å²) in [5.74, 6) is 1.64. The highest BCUT2D eigenvalue weighted by molar-refractivity contribution is 5.64. The Morgan fingerprint density at radius 3 is 2.77 bits per heavy atom. The minimum absolute atomic E-state index is 0.640. The molecule has 0 amide bonds. The zero-order chi connectivity index (χ0) is 17.3. The van der Waals surface area contributed by atoms with E-state index in [9.17, 15) is 0 Å². The van der Waals surface area contributed by atoms with Gasteiger partial charge in [-0.05, 0) is 24.8 Å². The number of benzene rings is 1. The first-order valence-corrected chi connectivity index (χ1v) is 9.01. The van der Waals surface area contributed by atoms with Crippen molar-refractivity contribution in [1.29, 1.82) is 0 Å². The standard InChI is InChI=1S/C21H19N5/c1-2-6-17(7-3-1)19-11-20(23-13-15-5-4-10-22-12-15)26-21(25-19)18(14-24-26)16-8-9-16/h1-7,10-12,14,16H,8-9,13H2,(H,23,24,25)/p+1. The Bertz CT molecular complexity index is 1040. The summed E-state index contributed by atoms with van der Waals surface area (Å²) in [6.45, 7) is 0.714. The molecule has 128 valence electrons. The molecule has 26 heavy (non-hydrogen) atoms. The monoisotopic (exact) mass is 342 g/mol. The molecule has 5 nitrogen and oxygen atoms in total. The Hall–Kier alpha value is -3.21. The van der Waals surface area contributed by atoms with E-state index in [2.05, 4.69) is 62.5 Å². The Kier molecular flexibility index (Phi) is 3.63. The molecule has 2 N–H and O–H groups in total. The molecule has 5 heteroatoms. The lowest BCUT2D eigenvalue weighted by molar-refractivity contribution is -0.564. The number of aromatic nitrogens is 4. The summed E-state index contributed by atoms with van der Waals surface area (Å²) < 4.78 is 2.05. The van der Waals surface area contributed by atoms with E-state index >= 15 is 0 Å². The Morgan fingerprint density at radius 1 is 1.12 bits per heavy atom. The molecule has 0 aliphatic heterocycles. The number of pyridine rings is 1. The van der Waals surface area contributed by atoms with Crippen LogP contribution in [0.5, 0.6) is 0 Å². The highest BCUT2D eigenvalue weighted by Gasteiger charge is 2.31. The van der Waals surface area contributed by atoms with Crippen LogP contribution in [0, 0.1) is 0 Å². The van der Waals surface area contributed by atoms with Gasteiger partial charge in [-0.25, -0.2) is 0 Å². The van der Waals surface area contributed by atoms with Gasteiger partial charge in [0.05, 0.1) is 18.2 Å². The first-order chi connectivity index (χ1) is 12.9. The number of hydrogen-bond acceptors (Lipinski definition) is 3. The predicted molar refractivity (Wildman–Crippen MR) is 101 cm³/mol. The summed E-state index contributed by atoms with van der Waals surface area (Å²) in [5.41, 5.74) is 5.59. The summed E-state index contributed by atoms with van der Waals surface area (Å²) in [5, 5.41) is 6.91. The van der Waals surface area contributed by atoms with Crippen LogP contribution < -0.4 is 9.83 Å². The highest BCUT2D eigenvalue weighted by atomic mass is 15.3. The molecule has 3 heterocycles. The van der Waals surface area contributed by atoms with Gasteiger partial charge in [0.25, 0.3) is 5.65 Å². The lowest BCUT2D eigenvalue weighted by atomic mass is 10.1. The van der Waals surface area contributed by atoms with Gasteiger partial charge in [-0.3, -0.25) is 15.4 Å². The minimum atomic E-state index is 0.640. The van der Waals surface area contributed by atoms with Crippen molar-refractivity contribution in [3.05, 3.63) is 78.2 Å². The zero-order valence-electron chi connectivity index (χ0n) is 14.4. The van der Waals surface area contributed by atoms with Crippen LogP contribution >= 0.6 is 0 Å². The van der Waals surface area contributed by atoms with Gasteiger partial charge < -0.3 is 0 Å². The summed E-state index contributed by atoms with van der Waals surface area (Å²) in [4.78, 5) is 9.15. The number of nitrogens with zero attached hydrogens (tertiary/aromatic N) is 3. The van der Waals surface area contributed by atoms with Crippen molar-refractivity contribution < 1.29 is 4.52 Å². The van der Waals surface area contributed by atoms with E-state index in [-0.39, 0.29) is 0 Å². The molecule has 1 aliphatic rings. The average molecular weight is 342 g/mol. The third-order valence-corrected chi connectivity index (χ3v) is 4.84. The zero-order valence-corrected chi connectivity index (χ0v) is 14.4. The fourth-order valence-electron chi connectivity index (χ4n) is 3.30. The highest BCUT2D eigenvalue weighted by Crippen LogP contribution is 2.41. The predicted octanol–water partition coefficient (Wildman–Crippen LogP) is 3.70. The maximum absolute atomic E-state index is 4.96. The summed E-state index contributed by atoms with van der Waals surface area (Å²) >= 11 is 0. The largest absolute Gasteiger partial charge is 0.300 e. The second-order valence-corrected chi connectivity index (χ2v) is 6.77. The molecule has 0 radical (unpaired) electrons. The molecule has 1 saturated carbocycles. The third kappa shape index (κ3) is 2.81. The fraction of sp³-hybridized carbons (Fsp3) is 0.190. The van der Waals surface area contributed by atoms with Crippen molar-refractivity contribution in [2.45, 2.75) is 25.3 Å². The molecule has 5 rings (SSSR count). The maximum Gasteiger partial charge on any atom is 0.290 e. The second kappa shape index (κ2) is 6.26. The molecular weight excluding hydrogens is 322 g/mol. The van der Waals surface area contributed by atoms with Gasteiger partial charge >= 0.3 is 0 Å². The first kappa shape index (κ1) is 15.1. The topological polar surface area (TPSA) is 57.7 Å². The number of aromatic amines is 1. The van der Waals surface area contributed by atoms with Gasteiger partial charge in [-0.2, -0.15) is 0 Å². The summed E-state index contributed by atoms with van der Waals surface area (Å²) in [7, 11) is 0. The molecular formula is C21H20N5+. The van der Waals surface area contributed by atoms with Crippen molar-refractivity contribution in [3.63, 3.8) is 0 Å². The van der Waals surface area contributed by atoms with Gasteiger partial charge in [0.2, 0.25) is 5.82 Å². The Morgan fingerprint density at radius 2 is 2.00 bits per heavy atom. The van der Waals surface area contributed by atoms with E-state index in [0.717, 1.165) is 28.3 Å². The van der Waals surface area contributed by atoms with Gasteiger partial charge in [0.15, 0.2) is 5.69 Å². The van der Waals surface area contributed by atoms with Gasteiger partial charge in [-0.1, -0.05) is 36.4 Å². The second-order valence-electron chi connectivity index (χ2n) is 6.77. The van der Waals surface area contributed by atoms with E-state index in [1.807, 2.05) is 18.3 Å². The molecule has 0 saturated heterocycles. The summed E-state index contributed by atoms with van der Waals surface area (Å²) in [6, 6.07) is 16.5. The molecule has 0 unspecified atom stereocenters. The number of fused-ring (bicyclic) bond motifs is 1. The van der Waals surface area contributed by atoms with Gasteiger partial charge in [0.1, 0.15) is 0 Å². The normalized spacial score (nSPS) is 13.8. The SMILES string of the molecule is c1ccc(-c2cc(NCc3cccnc3)[n+]3[nH]cc(C4CC4)c3n2)cc1. The third-order valence-electron chi connectivity index (χ3n) is 4.84. The van der Waals surface area contributed by atoms with Crippen LogP contribution in [0.4, 0.5) is 5.82 Å². The fourth-order valence-corrected chi connectivity index (χ4v) is 3.30. The smallest absolute Gasteiger partial charge is 0.290 e. The number of nitrogens with one attached hydrogen (secondary N) is 2. The molecule has 1 fully saturated rings. The minimum Gasteiger partial charge on any atom is -0.300 e. The lowest BCUT2D eigenvalue weighted by Crippen LogP contribution is -2.29. The van der Waals surface area contributed by atoms with Crippen molar-refractivity contribution in [1.82, 2.24) is 15.1 Å². The van der Waals surface area contributed by atoms with E-state index in [1.54, 1.807) is 6.20 Å². The van der Waals surface area contributed by atoms with Crippen LogP contribution in [0.3, 0.4) is 0 Å². The molecule has 0 atom stereocenters. The van der Waals surface area contributed by atoms with Crippen LogP contribution in [0.25, 0.3) is 16.9 Å². The van der Waals surface area contributed by atoms with Crippen LogP contribution in [0.2, 0.25) is 0 Å².